The number of thioether (sulfide) groups is 1. The lowest BCUT2D eigenvalue weighted by atomic mass is 10.2. The lowest BCUT2D eigenvalue weighted by molar-refractivity contribution is 0.911. The molecule has 0 saturated carbocycles. The van der Waals surface area contributed by atoms with Gasteiger partial charge in [-0.15, -0.1) is 0 Å². The molecule has 0 amide bonds. The summed E-state index contributed by atoms with van der Waals surface area (Å²) in [6.07, 6.45) is 2.42. The number of fused-ring (bicyclic) bond motifs is 1. The number of anilines is 1. The van der Waals surface area contributed by atoms with E-state index in [4.69, 9.17) is 5.73 Å². The number of nitrogen functional groups attached to an aromatic ring is 1. The van der Waals surface area contributed by atoms with E-state index in [2.05, 4.69) is 15.0 Å². The van der Waals surface area contributed by atoms with Crippen molar-refractivity contribution in [2.45, 2.75) is 17.9 Å². The molecule has 0 aromatic carbocycles. The molecule has 17 heavy (non-hydrogen) atoms. The maximum absolute atomic E-state index is 5.94. The van der Waals surface area contributed by atoms with Gasteiger partial charge in [0.15, 0.2) is 0 Å². The second kappa shape index (κ2) is 4.33. The van der Waals surface area contributed by atoms with E-state index in [1.54, 1.807) is 6.20 Å². The number of rotatable bonds is 2. The highest BCUT2D eigenvalue weighted by atomic mass is 32.2. The molecule has 4 nitrogen and oxygen atoms in total. The minimum Gasteiger partial charge on any atom is -0.383 e. The van der Waals surface area contributed by atoms with E-state index >= 15 is 0 Å². The molecule has 0 fully saturated rings. The second-order valence-corrected chi connectivity index (χ2v) is 4.93. The molecule has 2 N–H and O–H groups in total. The van der Waals surface area contributed by atoms with Crippen molar-refractivity contribution in [3.05, 3.63) is 47.2 Å². The lowest BCUT2D eigenvalue weighted by Crippen LogP contribution is -2.06. The Hall–Kier alpha value is -1.62. The number of nitrogens with zero attached hydrogens (tertiary/aromatic N) is 3. The van der Waals surface area contributed by atoms with Crippen LogP contribution in [0, 0.1) is 0 Å². The standard InChI is InChI=1S/C12H12N4S/c13-12-9-6-17-7-10(9)15-11(16-12)5-8-3-1-2-4-14-8/h1-4H,5-7H2,(H2,13,15,16). The number of hydrogen-bond donors (Lipinski definition) is 1. The van der Waals surface area contributed by atoms with Crippen LogP contribution in [0.5, 0.6) is 0 Å². The topological polar surface area (TPSA) is 64.7 Å². The van der Waals surface area contributed by atoms with Crippen molar-refractivity contribution in [3.63, 3.8) is 0 Å². The molecule has 0 saturated heterocycles. The molecule has 0 bridgehead atoms. The van der Waals surface area contributed by atoms with Gasteiger partial charge in [0.05, 0.1) is 12.1 Å². The van der Waals surface area contributed by atoms with Crippen molar-refractivity contribution in [2.75, 3.05) is 5.73 Å². The maximum Gasteiger partial charge on any atom is 0.136 e. The van der Waals surface area contributed by atoms with E-state index in [-0.39, 0.29) is 0 Å². The van der Waals surface area contributed by atoms with Crippen LogP contribution in [0.2, 0.25) is 0 Å². The first-order valence-electron chi connectivity index (χ1n) is 5.45. The molecule has 0 aliphatic carbocycles. The Labute approximate surface area is 104 Å². The highest BCUT2D eigenvalue weighted by Crippen LogP contribution is 2.31. The number of aromatic nitrogens is 3. The first kappa shape index (κ1) is 10.5. The van der Waals surface area contributed by atoms with Crippen molar-refractivity contribution in [1.29, 1.82) is 0 Å². The minimum atomic E-state index is 0.630. The Balaban J connectivity index is 1.92. The zero-order valence-electron chi connectivity index (χ0n) is 9.26. The Morgan fingerprint density at radius 1 is 1.24 bits per heavy atom. The summed E-state index contributed by atoms with van der Waals surface area (Å²) in [4.78, 5) is 13.2. The van der Waals surface area contributed by atoms with E-state index in [9.17, 15) is 0 Å². The molecule has 0 radical (unpaired) electrons. The third kappa shape index (κ3) is 2.10. The van der Waals surface area contributed by atoms with Gasteiger partial charge in [-0.05, 0) is 12.1 Å². The summed E-state index contributed by atoms with van der Waals surface area (Å²) < 4.78 is 0. The van der Waals surface area contributed by atoms with Crippen molar-refractivity contribution < 1.29 is 0 Å². The Morgan fingerprint density at radius 2 is 2.18 bits per heavy atom. The molecule has 2 aromatic heterocycles. The lowest BCUT2D eigenvalue weighted by Gasteiger charge is -2.05. The predicted molar refractivity (Wildman–Crippen MR) is 68.5 cm³/mol. The minimum absolute atomic E-state index is 0.630. The fraction of sp³-hybridized carbons (Fsp3) is 0.250. The first-order valence-corrected chi connectivity index (χ1v) is 6.60. The zero-order valence-corrected chi connectivity index (χ0v) is 10.1. The van der Waals surface area contributed by atoms with Gasteiger partial charge in [0, 0.05) is 29.0 Å². The van der Waals surface area contributed by atoms with Gasteiger partial charge in [-0.1, -0.05) is 6.07 Å². The normalized spacial score (nSPS) is 13.6. The first-order chi connectivity index (χ1) is 8.33. The molecule has 0 spiro atoms. The van der Waals surface area contributed by atoms with Crippen LogP contribution in [0.4, 0.5) is 5.82 Å². The number of pyridine rings is 1. The average Bonchev–Trinajstić information content (AvgIpc) is 2.79. The SMILES string of the molecule is Nc1nc(Cc2ccccn2)nc2c1CSC2. The summed E-state index contributed by atoms with van der Waals surface area (Å²) in [7, 11) is 0. The van der Waals surface area contributed by atoms with E-state index in [1.807, 2.05) is 30.0 Å². The van der Waals surface area contributed by atoms with Crippen molar-refractivity contribution >= 4 is 17.6 Å². The Kier molecular flexibility index (Phi) is 2.68. The van der Waals surface area contributed by atoms with Crippen LogP contribution < -0.4 is 5.73 Å². The van der Waals surface area contributed by atoms with E-state index in [0.717, 1.165) is 34.3 Å². The fourth-order valence-corrected chi connectivity index (χ4v) is 2.93. The van der Waals surface area contributed by atoms with E-state index in [0.29, 0.717) is 12.2 Å². The molecule has 1 aliphatic heterocycles. The van der Waals surface area contributed by atoms with Gasteiger partial charge in [-0.3, -0.25) is 4.98 Å². The molecule has 3 heterocycles. The largest absolute Gasteiger partial charge is 0.383 e. The molecule has 0 unspecified atom stereocenters. The smallest absolute Gasteiger partial charge is 0.136 e. The van der Waals surface area contributed by atoms with Gasteiger partial charge in [0.2, 0.25) is 0 Å². The summed E-state index contributed by atoms with van der Waals surface area (Å²) in [5, 5.41) is 0. The van der Waals surface area contributed by atoms with Crippen LogP contribution in [-0.2, 0) is 17.9 Å². The second-order valence-electron chi connectivity index (χ2n) is 3.94. The van der Waals surface area contributed by atoms with Crippen LogP contribution in [0.3, 0.4) is 0 Å². The third-order valence-corrected chi connectivity index (χ3v) is 3.69. The summed E-state index contributed by atoms with van der Waals surface area (Å²) >= 11 is 1.83. The van der Waals surface area contributed by atoms with Crippen LogP contribution in [0.15, 0.2) is 24.4 Å². The molecular weight excluding hydrogens is 232 g/mol. The van der Waals surface area contributed by atoms with Crippen molar-refractivity contribution in [1.82, 2.24) is 15.0 Å². The zero-order chi connectivity index (χ0) is 11.7. The third-order valence-electron chi connectivity index (χ3n) is 2.72. The van der Waals surface area contributed by atoms with Crippen LogP contribution in [-0.4, -0.2) is 15.0 Å². The molecule has 3 rings (SSSR count). The monoisotopic (exact) mass is 244 g/mol. The van der Waals surface area contributed by atoms with Gasteiger partial charge in [-0.2, -0.15) is 11.8 Å². The van der Waals surface area contributed by atoms with E-state index in [1.165, 1.54) is 0 Å². The average molecular weight is 244 g/mol. The fourth-order valence-electron chi connectivity index (χ4n) is 1.87. The summed E-state index contributed by atoms with van der Waals surface area (Å²) in [6, 6.07) is 5.84. The maximum atomic E-state index is 5.94. The Bertz CT molecular complexity index is 542. The molecule has 1 aliphatic rings. The van der Waals surface area contributed by atoms with Crippen molar-refractivity contribution in [3.8, 4) is 0 Å². The van der Waals surface area contributed by atoms with Crippen molar-refractivity contribution in [2.24, 2.45) is 0 Å². The van der Waals surface area contributed by atoms with Gasteiger partial charge >= 0.3 is 0 Å². The van der Waals surface area contributed by atoms with Crippen LogP contribution in [0.1, 0.15) is 22.8 Å². The molecule has 86 valence electrons. The Morgan fingerprint density at radius 3 is 3.00 bits per heavy atom. The van der Waals surface area contributed by atoms with Crippen LogP contribution in [0.25, 0.3) is 0 Å². The summed E-state index contributed by atoms with van der Waals surface area (Å²) in [5.74, 6) is 3.27. The summed E-state index contributed by atoms with van der Waals surface area (Å²) in [6.45, 7) is 0. The highest BCUT2D eigenvalue weighted by molar-refractivity contribution is 7.98. The van der Waals surface area contributed by atoms with Gasteiger partial charge in [0.25, 0.3) is 0 Å². The van der Waals surface area contributed by atoms with Gasteiger partial charge < -0.3 is 5.73 Å². The van der Waals surface area contributed by atoms with E-state index < -0.39 is 0 Å². The number of hydrogen-bond acceptors (Lipinski definition) is 5. The van der Waals surface area contributed by atoms with Gasteiger partial charge in [0.1, 0.15) is 11.6 Å². The molecule has 5 heteroatoms. The molecule has 2 aromatic rings. The highest BCUT2D eigenvalue weighted by Gasteiger charge is 2.18. The molecular formula is C12H12N4S. The summed E-state index contributed by atoms with van der Waals surface area (Å²) in [5.41, 5.74) is 9.11. The van der Waals surface area contributed by atoms with Crippen LogP contribution >= 0.6 is 11.8 Å². The quantitative estimate of drug-likeness (QED) is 0.872. The number of nitrogens with two attached hydrogens (primary N) is 1. The predicted octanol–water partition coefficient (Wildman–Crippen LogP) is 1.79. The molecule has 0 atom stereocenters. The van der Waals surface area contributed by atoms with Gasteiger partial charge in [-0.25, -0.2) is 9.97 Å².